The lowest BCUT2D eigenvalue weighted by Crippen LogP contribution is -2.56. The highest BCUT2D eigenvalue weighted by molar-refractivity contribution is 7.08. The molecule has 0 aliphatic carbocycles. The molecule has 1 aliphatic heterocycles. The number of carbonyl (C=O) groups is 2. The first-order valence-corrected chi connectivity index (χ1v) is 10.6. The van der Waals surface area contributed by atoms with Crippen LogP contribution in [0.15, 0.2) is 53.2 Å². The summed E-state index contributed by atoms with van der Waals surface area (Å²) < 4.78 is 0. The molecule has 1 atom stereocenters. The van der Waals surface area contributed by atoms with Gasteiger partial charge < -0.3 is 4.90 Å². The van der Waals surface area contributed by atoms with Gasteiger partial charge in [0.2, 0.25) is 5.91 Å². The van der Waals surface area contributed by atoms with Crippen molar-refractivity contribution in [3.63, 3.8) is 0 Å². The zero-order valence-electron chi connectivity index (χ0n) is 17.1. The Kier molecular flexibility index (Phi) is 5.01. The van der Waals surface area contributed by atoms with Gasteiger partial charge in [0, 0.05) is 5.69 Å². The fraction of sp³-hybridized carbons (Fsp3) is 0.250. The van der Waals surface area contributed by atoms with E-state index in [0.717, 1.165) is 39.2 Å². The van der Waals surface area contributed by atoms with E-state index >= 15 is 0 Å². The molecular weight excluding hydrogens is 380 g/mol. The molecule has 1 fully saturated rings. The molecule has 0 unspecified atom stereocenters. The van der Waals surface area contributed by atoms with Gasteiger partial charge in [-0.1, -0.05) is 35.9 Å². The van der Waals surface area contributed by atoms with Crippen LogP contribution in [0, 0.1) is 27.7 Å². The molecule has 4 rings (SSSR count). The van der Waals surface area contributed by atoms with Crippen LogP contribution in [-0.2, 0) is 9.59 Å². The topological polar surface area (TPSA) is 40.6 Å². The summed E-state index contributed by atoms with van der Waals surface area (Å²) in [6.07, 6.45) is 0. The van der Waals surface area contributed by atoms with Crippen molar-refractivity contribution in [3.05, 3.63) is 81.0 Å². The first-order chi connectivity index (χ1) is 13.9. The van der Waals surface area contributed by atoms with E-state index in [2.05, 4.69) is 6.07 Å². The molecule has 2 aromatic carbocycles. The molecule has 29 heavy (non-hydrogen) atoms. The van der Waals surface area contributed by atoms with Crippen molar-refractivity contribution in [1.29, 1.82) is 0 Å². The standard InChI is InChI=1S/C24H24N2O2S/c1-15-8-9-20(18(4)12-15)26-21(27)13-25(22-16(2)6-5-7-17(22)3)24(28)23(26)19-10-11-29-14-19/h5-12,14,23H,13H2,1-4H3/t23-/m0/s1. The highest BCUT2D eigenvalue weighted by Gasteiger charge is 2.43. The van der Waals surface area contributed by atoms with Crippen molar-refractivity contribution < 1.29 is 9.59 Å². The maximum atomic E-state index is 13.8. The summed E-state index contributed by atoms with van der Waals surface area (Å²) in [5.41, 5.74) is 6.60. The minimum Gasteiger partial charge on any atom is -0.300 e. The molecule has 2 heterocycles. The lowest BCUT2D eigenvalue weighted by Gasteiger charge is -2.41. The van der Waals surface area contributed by atoms with Crippen molar-refractivity contribution in [1.82, 2.24) is 0 Å². The van der Waals surface area contributed by atoms with Gasteiger partial charge in [-0.05, 0) is 72.8 Å². The fourth-order valence-corrected chi connectivity index (χ4v) is 4.86. The van der Waals surface area contributed by atoms with E-state index in [4.69, 9.17) is 0 Å². The number of anilines is 2. The molecule has 4 nitrogen and oxygen atoms in total. The lowest BCUT2D eigenvalue weighted by molar-refractivity contribution is -0.128. The van der Waals surface area contributed by atoms with Crippen LogP contribution in [0.3, 0.4) is 0 Å². The van der Waals surface area contributed by atoms with Gasteiger partial charge in [0.15, 0.2) is 0 Å². The van der Waals surface area contributed by atoms with Gasteiger partial charge in [0.05, 0.1) is 5.69 Å². The highest BCUT2D eigenvalue weighted by Crippen LogP contribution is 2.38. The van der Waals surface area contributed by atoms with E-state index in [-0.39, 0.29) is 18.4 Å². The van der Waals surface area contributed by atoms with E-state index in [1.165, 1.54) is 11.3 Å². The number of hydrogen-bond donors (Lipinski definition) is 0. The van der Waals surface area contributed by atoms with Crippen molar-refractivity contribution in [3.8, 4) is 0 Å². The molecule has 0 saturated carbocycles. The number of rotatable bonds is 3. The number of aryl methyl sites for hydroxylation is 4. The number of thiophene rings is 1. The van der Waals surface area contributed by atoms with Crippen LogP contribution in [0.2, 0.25) is 0 Å². The van der Waals surface area contributed by atoms with Crippen LogP contribution in [0.25, 0.3) is 0 Å². The normalized spacial score (nSPS) is 17.2. The molecule has 2 amide bonds. The third kappa shape index (κ3) is 3.36. The fourth-order valence-electron chi connectivity index (χ4n) is 4.18. The average molecular weight is 405 g/mol. The number of amides is 2. The maximum Gasteiger partial charge on any atom is 0.255 e. The second-order valence-electron chi connectivity index (χ2n) is 7.68. The van der Waals surface area contributed by atoms with Crippen molar-refractivity contribution >= 4 is 34.5 Å². The minimum atomic E-state index is -0.664. The first kappa shape index (κ1) is 19.4. The number of piperazine rings is 1. The molecule has 0 N–H and O–H groups in total. The first-order valence-electron chi connectivity index (χ1n) is 9.67. The molecule has 1 aromatic heterocycles. The van der Waals surface area contributed by atoms with Crippen molar-refractivity contribution in [2.45, 2.75) is 33.7 Å². The second-order valence-corrected chi connectivity index (χ2v) is 8.46. The van der Waals surface area contributed by atoms with Gasteiger partial charge in [0.25, 0.3) is 5.91 Å². The Balaban J connectivity index is 1.85. The summed E-state index contributed by atoms with van der Waals surface area (Å²) in [6, 6.07) is 13.2. The number of para-hydroxylation sites is 1. The second kappa shape index (κ2) is 7.48. The predicted octanol–water partition coefficient (Wildman–Crippen LogP) is 5.10. The summed E-state index contributed by atoms with van der Waals surface area (Å²) in [5, 5.41) is 3.91. The van der Waals surface area contributed by atoms with E-state index in [9.17, 15) is 9.59 Å². The molecule has 3 aromatic rings. The van der Waals surface area contributed by atoms with Gasteiger partial charge >= 0.3 is 0 Å². The van der Waals surface area contributed by atoms with Crippen LogP contribution in [0.1, 0.15) is 33.9 Å². The number of nitrogens with zero attached hydrogens (tertiary/aromatic N) is 2. The Labute approximate surface area is 175 Å². The van der Waals surface area contributed by atoms with Gasteiger partial charge in [-0.2, -0.15) is 11.3 Å². The van der Waals surface area contributed by atoms with E-state index < -0.39 is 6.04 Å². The minimum absolute atomic E-state index is 0.0402. The van der Waals surface area contributed by atoms with E-state index in [1.54, 1.807) is 9.80 Å². The Bertz CT molecular complexity index is 1070. The van der Waals surface area contributed by atoms with Crippen molar-refractivity contribution in [2.24, 2.45) is 0 Å². The van der Waals surface area contributed by atoms with E-state index in [1.807, 2.05) is 74.9 Å². The molecule has 148 valence electrons. The SMILES string of the molecule is Cc1ccc(N2C(=O)CN(c3c(C)cccc3C)C(=O)[C@@H]2c2ccsc2)c(C)c1. The van der Waals surface area contributed by atoms with Gasteiger partial charge in [0.1, 0.15) is 12.6 Å². The Hall–Kier alpha value is -2.92. The zero-order chi connectivity index (χ0) is 20.7. The quantitative estimate of drug-likeness (QED) is 0.609. The molecule has 0 bridgehead atoms. The predicted molar refractivity (Wildman–Crippen MR) is 119 cm³/mol. The number of carbonyl (C=O) groups excluding carboxylic acids is 2. The number of hydrogen-bond acceptors (Lipinski definition) is 3. The highest BCUT2D eigenvalue weighted by atomic mass is 32.1. The van der Waals surface area contributed by atoms with Crippen LogP contribution in [-0.4, -0.2) is 18.4 Å². The van der Waals surface area contributed by atoms with E-state index in [0.29, 0.717) is 0 Å². The third-order valence-corrected chi connectivity index (χ3v) is 6.20. The smallest absolute Gasteiger partial charge is 0.255 e. The summed E-state index contributed by atoms with van der Waals surface area (Å²) in [6.45, 7) is 8.02. The van der Waals surface area contributed by atoms with Crippen LogP contribution >= 0.6 is 11.3 Å². The zero-order valence-corrected chi connectivity index (χ0v) is 17.9. The summed E-state index contributed by atoms with van der Waals surface area (Å²) in [4.78, 5) is 30.5. The Morgan fingerprint density at radius 2 is 1.66 bits per heavy atom. The van der Waals surface area contributed by atoms with Crippen molar-refractivity contribution in [2.75, 3.05) is 16.3 Å². The molecule has 1 saturated heterocycles. The lowest BCUT2D eigenvalue weighted by atomic mass is 9.98. The van der Waals surface area contributed by atoms with Gasteiger partial charge in [-0.15, -0.1) is 0 Å². The Morgan fingerprint density at radius 3 is 2.28 bits per heavy atom. The summed E-state index contributed by atoms with van der Waals surface area (Å²) in [5.74, 6) is -0.143. The average Bonchev–Trinajstić information content (AvgIpc) is 3.18. The van der Waals surface area contributed by atoms with Gasteiger partial charge in [-0.25, -0.2) is 0 Å². The molecule has 0 spiro atoms. The maximum absolute atomic E-state index is 13.8. The molecule has 0 radical (unpaired) electrons. The summed E-state index contributed by atoms with van der Waals surface area (Å²) >= 11 is 1.54. The van der Waals surface area contributed by atoms with Crippen LogP contribution < -0.4 is 9.80 Å². The molecular formula is C24H24N2O2S. The van der Waals surface area contributed by atoms with Crippen LogP contribution in [0.5, 0.6) is 0 Å². The molecule has 5 heteroatoms. The van der Waals surface area contributed by atoms with Crippen LogP contribution in [0.4, 0.5) is 11.4 Å². The number of benzene rings is 2. The Morgan fingerprint density at radius 1 is 0.931 bits per heavy atom. The van der Waals surface area contributed by atoms with Gasteiger partial charge in [-0.3, -0.25) is 14.5 Å². The monoisotopic (exact) mass is 404 g/mol. The molecule has 1 aliphatic rings. The largest absolute Gasteiger partial charge is 0.300 e. The third-order valence-electron chi connectivity index (χ3n) is 5.50. The summed E-state index contributed by atoms with van der Waals surface area (Å²) in [7, 11) is 0.